The molecule has 0 fully saturated rings. The minimum atomic E-state index is 0.133. The highest BCUT2D eigenvalue weighted by Gasteiger charge is 2.23. The molecule has 0 amide bonds. The van der Waals surface area contributed by atoms with Crippen LogP contribution < -0.4 is 0 Å². The van der Waals surface area contributed by atoms with Crippen LogP contribution in [0.1, 0.15) is 17.1 Å². The summed E-state index contributed by atoms with van der Waals surface area (Å²) in [4.78, 5) is 8.65. The first-order valence-corrected chi connectivity index (χ1v) is 6.18. The van der Waals surface area contributed by atoms with E-state index in [4.69, 9.17) is 5.26 Å². The van der Waals surface area contributed by atoms with Crippen LogP contribution in [0, 0.1) is 11.2 Å². The van der Waals surface area contributed by atoms with Crippen molar-refractivity contribution < 1.29 is 0 Å². The van der Waals surface area contributed by atoms with Crippen molar-refractivity contribution in [3.8, 4) is 5.97 Å². The van der Waals surface area contributed by atoms with Gasteiger partial charge < -0.3 is 4.57 Å². The molecule has 0 aromatic carbocycles. The second kappa shape index (κ2) is 4.65. The minimum absolute atomic E-state index is 0.133. The molecule has 0 radical (unpaired) electrons. The zero-order chi connectivity index (χ0) is 12.4. The average Bonchev–Trinajstić information content (AvgIpc) is 2.80. The normalized spacial score (nSPS) is 14.1. The number of hydrogen-bond acceptors (Lipinski definition) is 3. The van der Waals surface area contributed by atoms with E-state index in [1.807, 2.05) is 12.1 Å². The summed E-state index contributed by atoms with van der Waals surface area (Å²) in [5.74, 6) is 3.39. The van der Waals surface area contributed by atoms with Crippen LogP contribution in [0.15, 0.2) is 30.7 Å². The summed E-state index contributed by atoms with van der Waals surface area (Å²) in [6.07, 6.45) is 8.28. The van der Waals surface area contributed by atoms with Gasteiger partial charge in [-0.15, -0.1) is 0 Å². The lowest BCUT2D eigenvalue weighted by Gasteiger charge is -2.14. The fourth-order valence-corrected chi connectivity index (χ4v) is 2.39. The summed E-state index contributed by atoms with van der Waals surface area (Å²) in [5, 5.41) is 8.96. The van der Waals surface area contributed by atoms with E-state index in [1.165, 1.54) is 5.56 Å². The number of hydrogen-bond donors (Lipinski definition) is 0. The summed E-state index contributed by atoms with van der Waals surface area (Å²) in [6, 6.07) is 4.02. The van der Waals surface area contributed by atoms with Gasteiger partial charge in [-0.1, -0.05) is 0 Å². The van der Waals surface area contributed by atoms with Crippen molar-refractivity contribution in [3.63, 3.8) is 0 Å². The third-order valence-electron chi connectivity index (χ3n) is 3.37. The SMILES string of the molecule is N#CB1CCn2cc(Cc3ccncc3)nc2C1. The lowest BCUT2D eigenvalue weighted by molar-refractivity contribution is 0.692. The van der Waals surface area contributed by atoms with E-state index in [9.17, 15) is 0 Å². The molecule has 1 aliphatic rings. The first-order chi connectivity index (χ1) is 8.85. The second-order valence-electron chi connectivity index (χ2n) is 4.69. The van der Waals surface area contributed by atoms with Crippen molar-refractivity contribution in [1.29, 1.82) is 5.26 Å². The molecule has 88 valence electrons. The van der Waals surface area contributed by atoms with Crippen LogP contribution in [0.5, 0.6) is 0 Å². The summed E-state index contributed by atoms with van der Waals surface area (Å²) in [7, 11) is 0. The van der Waals surface area contributed by atoms with Gasteiger partial charge in [0.15, 0.2) is 0 Å². The zero-order valence-electron chi connectivity index (χ0n) is 10.1. The van der Waals surface area contributed by atoms with E-state index < -0.39 is 0 Å². The molecule has 0 saturated heterocycles. The highest BCUT2D eigenvalue weighted by Crippen LogP contribution is 2.16. The zero-order valence-corrected chi connectivity index (χ0v) is 10.1. The fraction of sp³-hybridized carbons (Fsp3) is 0.308. The highest BCUT2D eigenvalue weighted by molar-refractivity contribution is 6.66. The Balaban J connectivity index is 1.80. The minimum Gasteiger partial charge on any atom is -0.336 e. The van der Waals surface area contributed by atoms with Crippen molar-refractivity contribution in [2.24, 2.45) is 0 Å². The van der Waals surface area contributed by atoms with Crippen LogP contribution in [0.4, 0.5) is 0 Å². The molecule has 0 aliphatic carbocycles. The third-order valence-corrected chi connectivity index (χ3v) is 3.37. The van der Waals surface area contributed by atoms with Gasteiger partial charge in [-0.2, -0.15) is 0 Å². The van der Waals surface area contributed by atoms with Crippen LogP contribution in [0.25, 0.3) is 0 Å². The van der Waals surface area contributed by atoms with Crippen LogP contribution in [0.3, 0.4) is 0 Å². The van der Waals surface area contributed by atoms with Gasteiger partial charge in [0, 0.05) is 37.5 Å². The van der Waals surface area contributed by atoms with E-state index in [-0.39, 0.29) is 6.71 Å². The number of nitriles is 1. The molecular weight excluding hydrogens is 223 g/mol. The Hall–Kier alpha value is -2.09. The molecule has 4 nitrogen and oxygen atoms in total. The van der Waals surface area contributed by atoms with E-state index >= 15 is 0 Å². The molecule has 18 heavy (non-hydrogen) atoms. The third kappa shape index (κ3) is 2.14. The first-order valence-electron chi connectivity index (χ1n) is 6.18. The van der Waals surface area contributed by atoms with Gasteiger partial charge in [0.25, 0.3) is 6.71 Å². The van der Waals surface area contributed by atoms with Gasteiger partial charge in [0.1, 0.15) is 5.82 Å². The molecule has 0 spiro atoms. The molecule has 3 heterocycles. The fourth-order valence-electron chi connectivity index (χ4n) is 2.39. The maximum Gasteiger partial charge on any atom is 0.277 e. The second-order valence-corrected chi connectivity index (χ2v) is 4.69. The molecule has 0 saturated carbocycles. The smallest absolute Gasteiger partial charge is 0.277 e. The molecule has 0 bridgehead atoms. The standard InChI is InChI=1S/C13H13BN4/c15-10-14-3-6-18-9-12(17-13(18)8-14)7-11-1-4-16-5-2-11/h1-2,4-5,9H,3,6-8H2. The monoisotopic (exact) mass is 236 g/mol. The quantitative estimate of drug-likeness (QED) is 0.743. The number of fused-ring (bicyclic) bond motifs is 1. The van der Waals surface area contributed by atoms with Gasteiger partial charge in [0.05, 0.1) is 5.69 Å². The predicted octanol–water partition coefficient (Wildman–Crippen LogP) is 1.52. The van der Waals surface area contributed by atoms with Crippen LogP contribution in [-0.4, -0.2) is 21.2 Å². The molecule has 2 aromatic heterocycles. The molecule has 0 unspecified atom stereocenters. The van der Waals surface area contributed by atoms with Crippen molar-refractivity contribution >= 4 is 6.71 Å². The Bertz CT molecular complexity index is 585. The van der Waals surface area contributed by atoms with Crippen LogP contribution >= 0.6 is 0 Å². The van der Waals surface area contributed by atoms with E-state index in [0.717, 1.165) is 37.1 Å². The van der Waals surface area contributed by atoms with Crippen LogP contribution in [0.2, 0.25) is 6.32 Å². The van der Waals surface area contributed by atoms with Crippen LogP contribution in [-0.2, 0) is 19.3 Å². The van der Waals surface area contributed by atoms with Gasteiger partial charge >= 0.3 is 0 Å². The summed E-state index contributed by atoms with van der Waals surface area (Å²) in [6.45, 7) is 1.05. The lowest BCUT2D eigenvalue weighted by Crippen LogP contribution is -2.25. The summed E-state index contributed by atoms with van der Waals surface area (Å²) in [5.41, 5.74) is 2.30. The number of aromatic nitrogens is 3. The highest BCUT2D eigenvalue weighted by atomic mass is 15.1. The molecule has 2 aromatic rings. The van der Waals surface area contributed by atoms with Gasteiger partial charge in [-0.05, 0) is 30.3 Å². The Morgan fingerprint density at radius 1 is 1.39 bits per heavy atom. The predicted molar refractivity (Wildman–Crippen MR) is 69.1 cm³/mol. The summed E-state index contributed by atoms with van der Waals surface area (Å²) >= 11 is 0. The van der Waals surface area contributed by atoms with Gasteiger partial charge in [-0.3, -0.25) is 4.98 Å². The van der Waals surface area contributed by atoms with Crippen molar-refractivity contribution in [2.45, 2.75) is 25.6 Å². The number of imidazole rings is 1. The van der Waals surface area contributed by atoms with Crippen molar-refractivity contribution in [2.75, 3.05) is 0 Å². The lowest BCUT2D eigenvalue weighted by atomic mass is 9.45. The molecular formula is C13H13BN4. The Labute approximate surface area is 106 Å². The van der Waals surface area contributed by atoms with Crippen molar-refractivity contribution in [1.82, 2.24) is 14.5 Å². The Kier molecular flexibility index (Phi) is 2.85. The molecule has 0 atom stereocenters. The van der Waals surface area contributed by atoms with Crippen molar-refractivity contribution in [3.05, 3.63) is 47.8 Å². The van der Waals surface area contributed by atoms with Gasteiger partial charge in [-0.25, -0.2) is 10.2 Å². The molecule has 1 aliphatic heterocycles. The molecule has 0 N–H and O–H groups in total. The van der Waals surface area contributed by atoms with E-state index in [0.29, 0.717) is 0 Å². The summed E-state index contributed by atoms with van der Waals surface area (Å²) < 4.78 is 2.18. The maximum atomic E-state index is 8.96. The maximum absolute atomic E-state index is 8.96. The number of rotatable bonds is 2. The molecule has 3 rings (SSSR count). The number of nitrogens with zero attached hydrogens (tertiary/aromatic N) is 4. The molecule has 5 heteroatoms. The number of aryl methyl sites for hydroxylation is 1. The average molecular weight is 236 g/mol. The number of pyridine rings is 1. The van der Waals surface area contributed by atoms with E-state index in [2.05, 4.69) is 26.7 Å². The Morgan fingerprint density at radius 3 is 3.00 bits per heavy atom. The topological polar surface area (TPSA) is 54.5 Å². The van der Waals surface area contributed by atoms with E-state index in [1.54, 1.807) is 12.4 Å². The first kappa shape index (κ1) is 11.0. The Morgan fingerprint density at radius 2 is 2.22 bits per heavy atom. The van der Waals surface area contributed by atoms with Gasteiger partial charge in [0.2, 0.25) is 0 Å². The largest absolute Gasteiger partial charge is 0.336 e.